The van der Waals surface area contributed by atoms with Gasteiger partial charge in [-0.2, -0.15) is 0 Å². The highest BCUT2D eigenvalue weighted by atomic mass is 16.1. The van der Waals surface area contributed by atoms with Gasteiger partial charge in [0.05, 0.1) is 5.92 Å². The van der Waals surface area contributed by atoms with Gasteiger partial charge in [0.15, 0.2) is 5.82 Å². The molecule has 4 heteroatoms. The van der Waals surface area contributed by atoms with Crippen molar-refractivity contribution in [2.75, 3.05) is 11.9 Å². The van der Waals surface area contributed by atoms with E-state index in [4.69, 9.17) is 0 Å². The van der Waals surface area contributed by atoms with Crippen molar-refractivity contribution in [2.24, 2.45) is 0 Å². The van der Waals surface area contributed by atoms with Gasteiger partial charge in [0, 0.05) is 30.3 Å². The number of Topliss-reactive ketones (excluding diaryl/α,β-unsaturated/α-hetero) is 1. The predicted molar refractivity (Wildman–Crippen MR) is 112 cm³/mol. The molecule has 1 heterocycles. The lowest BCUT2D eigenvalue weighted by molar-refractivity contribution is 0.0952. The third-order valence-corrected chi connectivity index (χ3v) is 4.70. The number of para-hydroxylation sites is 2. The van der Waals surface area contributed by atoms with Crippen LogP contribution in [0.25, 0.3) is 5.69 Å². The Morgan fingerprint density at radius 2 is 1.46 bits per heavy atom. The second-order valence-corrected chi connectivity index (χ2v) is 6.53. The van der Waals surface area contributed by atoms with E-state index < -0.39 is 0 Å². The molecule has 0 aliphatic rings. The van der Waals surface area contributed by atoms with E-state index in [1.54, 1.807) is 6.20 Å². The summed E-state index contributed by atoms with van der Waals surface area (Å²) in [5.74, 6) is 0.0877. The van der Waals surface area contributed by atoms with E-state index in [1.807, 2.05) is 102 Å². The molecule has 0 unspecified atom stereocenters. The Kier molecular flexibility index (Phi) is 5.29. The maximum atomic E-state index is 13.5. The first-order valence-corrected chi connectivity index (χ1v) is 9.30. The van der Waals surface area contributed by atoms with Crippen molar-refractivity contribution >= 4 is 11.5 Å². The Morgan fingerprint density at radius 3 is 2.14 bits per heavy atom. The summed E-state index contributed by atoms with van der Waals surface area (Å²) >= 11 is 0. The Bertz CT molecular complexity index is 1030. The summed E-state index contributed by atoms with van der Waals surface area (Å²) in [6.45, 7) is 0.495. The minimum absolute atomic E-state index is 0.0107. The van der Waals surface area contributed by atoms with Gasteiger partial charge in [0.2, 0.25) is 5.78 Å². The Labute approximate surface area is 164 Å². The number of anilines is 1. The number of aromatic nitrogens is 2. The molecule has 28 heavy (non-hydrogen) atoms. The number of nitrogens with zero attached hydrogens (tertiary/aromatic N) is 2. The van der Waals surface area contributed by atoms with Crippen LogP contribution >= 0.6 is 0 Å². The van der Waals surface area contributed by atoms with Gasteiger partial charge >= 0.3 is 0 Å². The van der Waals surface area contributed by atoms with E-state index >= 15 is 0 Å². The monoisotopic (exact) mass is 367 g/mol. The summed E-state index contributed by atoms with van der Waals surface area (Å²) in [7, 11) is 0. The van der Waals surface area contributed by atoms with E-state index in [2.05, 4.69) is 10.3 Å². The molecule has 0 saturated carbocycles. The van der Waals surface area contributed by atoms with E-state index in [9.17, 15) is 4.79 Å². The Morgan fingerprint density at radius 1 is 0.857 bits per heavy atom. The first-order valence-electron chi connectivity index (χ1n) is 9.30. The van der Waals surface area contributed by atoms with Gasteiger partial charge in [0.1, 0.15) is 0 Å². The number of imidazole rings is 1. The number of ketones is 1. The van der Waals surface area contributed by atoms with Crippen LogP contribution in [-0.2, 0) is 0 Å². The molecule has 0 radical (unpaired) electrons. The van der Waals surface area contributed by atoms with E-state index in [0.29, 0.717) is 12.4 Å². The molecular weight excluding hydrogens is 346 g/mol. The van der Waals surface area contributed by atoms with Gasteiger partial charge in [0.25, 0.3) is 0 Å². The van der Waals surface area contributed by atoms with Crippen molar-refractivity contribution in [1.82, 2.24) is 9.55 Å². The normalized spacial score (nSPS) is 11.7. The largest absolute Gasteiger partial charge is 0.384 e. The molecule has 4 rings (SSSR count). The minimum Gasteiger partial charge on any atom is -0.384 e. The molecule has 0 bridgehead atoms. The zero-order valence-corrected chi connectivity index (χ0v) is 15.4. The fraction of sp³-hybridized carbons (Fsp3) is 0.0833. The van der Waals surface area contributed by atoms with Gasteiger partial charge in [-0.15, -0.1) is 0 Å². The number of carbonyl (C=O) groups excluding carboxylic acids is 1. The summed E-state index contributed by atoms with van der Waals surface area (Å²) in [6.07, 6.45) is 3.50. The molecule has 0 saturated heterocycles. The topological polar surface area (TPSA) is 46.9 Å². The molecule has 1 atom stereocenters. The number of hydrogen-bond donors (Lipinski definition) is 1. The van der Waals surface area contributed by atoms with E-state index in [-0.39, 0.29) is 11.7 Å². The molecule has 0 fully saturated rings. The number of rotatable bonds is 7. The number of carbonyl (C=O) groups is 1. The van der Waals surface area contributed by atoms with Gasteiger partial charge in [-0.3, -0.25) is 9.36 Å². The lowest BCUT2D eigenvalue weighted by Crippen LogP contribution is -2.24. The van der Waals surface area contributed by atoms with Gasteiger partial charge in [-0.1, -0.05) is 66.7 Å². The van der Waals surface area contributed by atoms with Crippen molar-refractivity contribution in [1.29, 1.82) is 0 Å². The highest BCUT2D eigenvalue weighted by Gasteiger charge is 2.26. The first kappa shape index (κ1) is 17.7. The molecule has 0 aliphatic carbocycles. The third-order valence-electron chi connectivity index (χ3n) is 4.70. The number of hydrogen-bond acceptors (Lipinski definition) is 3. The number of benzene rings is 3. The van der Waals surface area contributed by atoms with Crippen LogP contribution in [0.5, 0.6) is 0 Å². The highest BCUT2D eigenvalue weighted by Crippen LogP contribution is 2.23. The second-order valence-electron chi connectivity index (χ2n) is 6.53. The second kappa shape index (κ2) is 8.35. The Balaban J connectivity index is 1.65. The molecule has 1 N–H and O–H groups in total. The van der Waals surface area contributed by atoms with Crippen LogP contribution in [0, 0.1) is 0 Å². The van der Waals surface area contributed by atoms with Crippen LogP contribution in [0.4, 0.5) is 5.69 Å². The predicted octanol–water partition coefficient (Wildman–Crippen LogP) is 4.95. The summed E-state index contributed by atoms with van der Waals surface area (Å²) in [5, 5.41) is 3.39. The zero-order chi connectivity index (χ0) is 19.2. The molecular formula is C24H21N3O. The lowest BCUT2D eigenvalue weighted by Gasteiger charge is -2.18. The quantitative estimate of drug-likeness (QED) is 0.470. The van der Waals surface area contributed by atoms with Crippen molar-refractivity contribution in [2.45, 2.75) is 5.92 Å². The maximum Gasteiger partial charge on any atom is 0.207 e. The molecule has 0 aliphatic heterocycles. The van der Waals surface area contributed by atoms with Crippen molar-refractivity contribution in [3.05, 3.63) is 115 Å². The molecule has 3 aromatic carbocycles. The number of nitrogens with one attached hydrogen (secondary N) is 1. The highest BCUT2D eigenvalue weighted by molar-refractivity contribution is 5.99. The average Bonchev–Trinajstić information content (AvgIpc) is 3.26. The van der Waals surface area contributed by atoms with Gasteiger partial charge < -0.3 is 5.32 Å². The molecule has 0 amide bonds. The van der Waals surface area contributed by atoms with Crippen LogP contribution < -0.4 is 5.32 Å². The van der Waals surface area contributed by atoms with Crippen LogP contribution in [0.2, 0.25) is 0 Å². The van der Waals surface area contributed by atoms with Gasteiger partial charge in [-0.05, 0) is 29.8 Å². The molecule has 0 spiro atoms. The van der Waals surface area contributed by atoms with Crippen molar-refractivity contribution in [3.8, 4) is 5.69 Å². The molecule has 138 valence electrons. The lowest BCUT2D eigenvalue weighted by atomic mass is 9.93. The third kappa shape index (κ3) is 3.86. The van der Waals surface area contributed by atoms with Crippen molar-refractivity contribution in [3.63, 3.8) is 0 Å². The first-order chi connectivity index (χ1) is 13.8. The summed E-state index contributed by atoms with van der Waals surface area (Å²) < 4.78 is 1.85. The SMILES string of the molecule is O=C(c1nccn1-c1ccccc1)[C@H](CNc1ccccc1)c1ccccc1. The average molecular weight is 367 g/mol. The summed E-state index contributed by atoms with van der Waals surface area (Å²) in [5.41, 5.74) is 2.88. The summed E-state index contributed by atoms with van der Waals surface area (Å²) in [6, 6.07) is 29.6. The van der Waals surface area contributed by atoms with Crippen LogP contribution in [0.3, 0.4) is 0 Å². The molecule has 4 nitrogen and oxygen atoms in total. The smallest absolute Gasteiger partial charge is 0.207 e. The van der Waals surface area contributed by atoms with Crippen LogP contribution in [-0.4, -0.2) is 21.9 Å². The van der Waals surface area contributed by atoms with E-state index in [1.165, 1.54) is 0 Å². The standard InChI is InChI=1S/C24H21N3O/c28-23(24-25-16-17-27(24)21-14-8-3-9-15-21)22(19-10-4-1-5-11-19)18-26-20-12-6-2-7-13-20/h1-17,22,26H,18H2/t22-/m1/s1. The van der Waals surface area contributed by atoms with Crippen molar-refractivity contribution < 1.29 is 4.79 Å². The van der Waals surface area contributed by atoms with Crippen LogP contribution in [0.15, 0.2) is 103 Å². The van der Waals surface area contributed by atoms with Crippen LogP contribution in [0.1, 0.15) is 22.1 Å². The Hall–Kier alpha value is -3.66. The fourth-order valence-corrected chi connectivity index (χ4v) is 3.26. The fourth-order valence-electron chi connectivity index (χ4n) is 3.26. The maximum absolute atomic E-state index is 13.5. The zero-order valence-electron chi connectivity index (χ0n) is 15.4. The minimum atomic E-state index is -0.341. The molecule has 4 aromatic rings. The summed E-state index contributed by atoms with van der Waals surface area (Å²) in [4.78, 5) is 17.9. The van der Waals surface area contributed by atoms with Gasteiger partial charge in [-0.25, -0.2) is 4.98 Å². The van der Waals surface area contributed by atoms with E-state index in [0.717, 1.165) is 16.9 Å². The molecule has 1 aromatic heterocycles.